The Hall–Kier alpha value is -1.14. The minimum Gasteiger partial charge on any atom is -0.496 e. The molecule has 0 saturated carbocycles. The van der Waals surface area contributed by atoms with Gasteiger partial charge < -0.3 is 4.74 Å². The highest BCUT2D eigenvalue weighted by atomic mass is 32.2. The first-order chi connectivity index (χ1) is 9.30. The van der Waals surface area contributed by atoms with Gasteiger partial charge in [0.1, 0.15) is 5.75 Å². The lowest BCUT2D eigenvalue weighted by molar-refractivity contribution is 0.406. The van der Waals surface area contributed by atoms with Gasteiger partial charge in [-0.3, -0.25) is 4.98 Å². The first-order valence-electron chi connectivity index (χ1n) is 6.77. The Balaban J connectivity index is 2.81. The highest BCUT2D eigenvalue weighted by Gasteiger charge is 2.16. The number of aromatic nitrogens is 1. The van der Waals surface area contributed by atoms with Crippen molar-refractivity contribution in [3.63, 3.8) is 0 Å². The first-order valence-corrected chi connectivity index (χ1v) is 8.42. The van der Waals surface area contributed by atoms with E-state index in [0.29, 0.717) is 5.69 Å². The molecule has 0 aromatic carbocycles. The topological polar surface area (TPSA) is 68.3 Å². The Bertz CT molecular complexity index is 556. The van der Waals surface area contributed by atoms with E-state index in [2.05, 4.69) is 9.71 Å². The Kier molecular flexibility index (Phi) is 5.95. The summed E-state index contributed by atoms with van der Waals surface area (Å²) in [5.41, 5.74) is 2.51. The van der Waals surface area contributed by atoms with E-state index < -0.39 is 10.0 Å². The van der Waals surface area contributed by atoms with E-state index >= 15 is 0 Å². The third kappa shape index (κ3) is 4.45. The van der Waals surface area contributed by atoms with Crippen molar-refractivity contribution in [2.24, 2.45) is 5.92 Å². The molecule has 0 unspecified atom stereocenters. The normalized spacial score (nSPS) is 13.2. The molecule has 0 aliphatic rings. The van der Waals surface area contributed by atoms with Crippen LogP contribution in [-0.4, -0.2) is 26.3 Å². The van der Waals surface area contributed by atoms with Gasteiger partial charge >= 0.3 is 0 Å². The molecule has 0 amide bonds. The van der Waals surface area contributed by atoms with Crippen molar-refractivity contribution in [1.82, 2.24) is 9.71 Å². The fraction of sp³-hybridized carbons (Fsp3) is 0.643. The number of nitrogens with one attached hydrogen (secondary N) is 1. The van der Waals surface area contributed by atoms with Crippen LogP contribution in [0.15, 0.2) is 6.20 Å². The molecule has 1 heterocycles. The van der Waals surface area contributed by atoms with E-state index in [4.69, 9.17) is 4.74 Å². The standard InChI is InChI=1S/C14H24N2O3S/c1-6-10(2)9-20(17,18)16-8-13-12(4)14(19-5)11(3)7-15-13/h7,10,16H,6,8-9H2,1-5H3/t10-/m1/s1. The number of nitrogens with zero attached hydrogens (tertiary/aromatic N) is 1. The van der Waals surface area contributed by atoms with Crippen LogP contribution in [0.25, 0.3) is 0 Å². The summed E-state index contributed by atoms with van der Waals surface area (Å²) in [6.45, 7) is 7.91. The number of ether oxygens (including phenoxy) is 1. The molecule has 1 N–H and O–H groups in total. The van der Waals surface area contributed by atoms with E-state index in [0.717, 1.165) is 23.3 Å². The van der Waals surface area contributed by atoms with Crippen molar-refractivity contribution >= 4 is 10.0 Å². The van der Waals surface area contributed by atoms with Crippen LogP contribution < -0.4 is 9.46 Å². The minimum absolute atomic E-state index is 0.144. The molecule has 1 aromatic rings. The van der Waals surface area contributed by atoms with Crippen LogP contribution in [0.2, 0.25) is 0 Å². The van der Waals surface area contributed by atoms with Gasteiger partial charge in [0.15, 0.2) is 0 Å². The summed E-state index contributed by atoms with van der Waals surface area (Å²) < 4.78 is 31.8. The van der Waals surface area contributed by atoms with Gasteiger partial charge in [0.2, 0.25) is 10.0 Å². The van der Waals surface area contributed by atoms with E-state index in [-0.39, 0.29) is 18.2 Å². The Morgan fingerprint density at radius 1 is 1.40 bits per heavy atom. The second-order valence-corrected chi connectivity index (χ2v) is 7.01. The molecular weight excluding hydrogens is 276 g/mol. The molecule has 114 valence electrons. The summed E-state index contributed by atoms with van der Waals surface area (Å²) in [7, 11) is -1.66. The predicted octanol–water partition coefficient (Wildman–Crippen LogP) is 2.17. The largest absolute Gasteiger partial charge is 0.496 e. The molecule has 1 rings (SSSR count). The van der Waals surface area contributed by atoms with Crippen molar-refractivity contribution in [1.29, 1.82) is 0 Å². The van der Waals surface area contributed by atoms with Crippen molar-refractivity contribution < 1.29 is 13.2 Å². The number of hydrogen-bond acceptors (Lipinski definition) is 4. The molecular formula is C14H24N2O3S. The van der Waals surface area contributed by atoms with Gasteiger partial charge in [-0.2, -0.15) is 0 Å². The van der Waals surface area contributed by atoms with Crippen molar-refractivity contribution in [2.75, 3.05) is 12.9 Å². The van der Waals surface area contributed by atoms with Gasteiger partial charge in [-0.05, 0) is 19.8 Å². The molecule has 0 bridgehead atoms. The maximum Gasteiger partial charge on any atom is 0.212 e. The molecule has 1 atom stereocenters. The van der Waals surface area contributed by atoms with Crippen LogP contribution in [0.5, 0.6) is 5.75 Å². The van der Waals surface area contributed by atoms with Crippen molar-refractivity contribution in [3.8, 4) is 5.75 Å². The highest BCUT2D eigenvalue weighted by molar-refractivity contribution is 7.89. The summed E-state index contributed by atoms with van der Waals surface area (Å²) in [5, 5.41) is 0. The maximum absolute atomic E-state index is 11.9. The maximum atomic E-state index is 11.9. The number of pyridine rings is 1. The third-order valence-electron chi connectivity index (χ3n) is 3.41. The zero-order chi connectivity index (χ0) is 15.3. The Morgan fingerprint density at radius 2 is 2.05 bits per heavy atom. The summed E-state index contributed by atoms with van der Waals surface area (Å²) >= 11 is 0. The molecule has 20 heavy (non-hydrogen) atoms. The van der Waals surface area contributed by atoms with Gasteiger partial charge in [0.05, 0.1) is 25.1 Å². The fourth-order valence-corrected chi connectivity index (χ4v) is 3.44. The lowest BCUT2D eigenvalue weighted by atomic mass is 10.1. The van der Waals surface area contributed by atoms with Crippen molar-refractivity contribution in [2.45, 2.75) is 40.7 Å². The fourth-order valence-electron chi connectivity index (χ4n) is 1.98. The molecule has 0 radical (unpaired) electrons. The van der Waals surface area contributed by atoms with Crippen LogP contribution in [0.1, 0.15) is 37.1 Å². The molecule has 0 fully saturated rings. The Morgan fingerprint density at radius 3 is 2.60 bits per heavy atom. The summed E-state index contributed by atoms with van der Waals surface area (Å²) in [6.07, 6.45) is 2.54. The van der Waals surface area contributed by atoms with Crippen LogP contribution in [0, 0.1) is 19.8 Å². The van der Waals surface area contributed by atoms with Gasteiger partial charge in [0, 0.05) is 17.3 Å². The van der Waals surface area contributed by atoms with Crippen LogP contribution >= 0.6 is 0 Å². The number of rotatable bonds is 7. The smallest absolute Gasteiger partial charge is 0.212 e. The first kappa shape index (κ1) is 16.9. The van der Waals surface area contributed by atoms with Crippen LogP contribution in [0.4, 0.5) is 0 Å². The van der Waals surface area contributed by atoms with E-state index in [1.807, 2.05) is 27.7 Å². The summed E-state index contributed by atoms with van der Waals surface area (Å²) in [6, 6.07) is 0. The molecule has 0 aliphatic carbocycles. The average Bonchev–Trinajstić information content (AvgIpc) is 2.37. The van der Waals surface area contributed by atoms with E-state index in [1.165, 1.54) is 0 Å². The summed E-state index contributed by atoms with van der Waals surface area (Å²) in [5.74, 6) is 1.05. The quantitative estimate of drug-likeness (QED) is 0.838. The summed E-state index contributed by atoms with van der Waals surface area (Å²) in [4.78, 5) is 4.28. The number of hydrogen-bond donors (Lipinski definition) is 1. The number of aryl methyl sites for hydroxylation is 1. The molecule has 1 aromatic heterocycles. The van der Waals surface area contributed by atoms with Gasteiger partial charge in [0.25, 0.3) is 0 Å². The van der Waals surface area contributed by atoms with Gasteiger partial charge in [-0.15, -0.1) is 0 Å². The Labute approximate surface area is 121 Å². The molecule has 6 heteroatoms. The van der Waals surface area contributed by atoms with Gasteiger partial charge in [-0.25, -0.2) is 13.1 Å². The third-order valence-corrected chi connectivity index (χ3v) is 5.00. The minimum atomic E-state index is -3.27. The van der Waals surface area contributed by atoms with Crippen LogP contribution in [-0.2, 0) is 16.6 Å². The molecule has 5 nitrogen and oxygen atoms in total. The zero-order valence-electron chi connectivity index (χ0n) is 12.9. The highest BCUT2D eigenvalue weighted by Crippen LogP contribution is 2.23. The second kappa shape index (κ2) is 7.04. The number of sulfonamides is 1. The predicted molar refractivity (Wildman–Crippen MR) is 80.3 cm³/mol. The molecule has 0 aliphatic heterocycles. The van der Waals surface area contributed by atoms with Crippen LogP contribution in [0.3, 0.4) is 0 Å². The second-order valence-electron chi connectivity index (χ2n) is 5.16. The SMILES string of the molecule is CC[C@@H](C)CS(=O)(=O)NCc1ncc(C)c(OC)c1C. The zero-order valence-corrected chi connectivity index (χ0v) is 13.7. The molecule has 0 spiro atoms. The lowest BCUT2D eigenvalue weighted by Gasteiger charge is -2.14. The van der Waals surface area contributed by atoms with Gasteiger partial charge in [-0.1, -0.05) is 20.3 Å². The number of methoxy groups -OCH3 is 1. The monoisotopic (exact) mass is 300 g/mol. The van der Waals surface area contributed by atoms with E-state index in [9.17, 15) is 8.42 Å². The average molecular weight is 300 g/mol. The lowest BCUT2D eigenvalue weighted by Crippen LogP contribution is -2.29. The van der Waals surface area contributed by atoms with Crippen molar-refractivity contribution in [3.05, 3.63) is 23.0 Å². The van der Waals surface area contributed by atoms with E-state index in [1.54, 1.807) is 13.3 Å². The molecule has 0 saturated heterocycles.